The van der Waals surface area contributed by atoms with E-state index in [4.69, 9.17) is 9.47 Å². The summed E-state index contributed by atoms with van der Waals surface area (Å²) in [5.74, 6) is 84.1. The summed E-state index contributed by atoms with van der Waals surface area (Å²) in [6, 6.07) is 0. The van der Waals surface area contributed by atoms with Crippen LogP contribution in [-0.4, -0.2) is 109 Å². The van der Waals surface area contributed by atoms with Gasteiger partial charge in [-0.25, -0.2) is 8.42 Å². The number of ether oxygens (including phenoxy) is 2. The predicted octanol–water partition coefficient (Wildman–Crippen LogP) is 7.69. The number of amides is 1. The number of nitrogens with one attached hydrogen (secondary N) is 3. The van der Waals surface area contributed by atoms with Gasteiger partial charge in [-0.2, -0.15) is 11.8 Å². The van der Waals surface area contributed by atoms with E-state index in [-0.39, 0.29) is 151 Å². The summed E-state index contributed by atoms with van der Waals surface area (Å²) in [4.78, 5) is 53.3. The van der Waals surface area contributed by atoms with E-state index in [1.165, 1.54) is 134 Å². The first-order chi connectivity index (χ1) is 53.5. The van der Waals surface area contributed by atoms with Crippen molar-refractivity contribution in [3.05, 3.63) is 0 Å². The van der Waals surface area contributed by atoms with Gasteiger partial charge in [0.25, 0.3) is 0 Å². The van der Waals surface area contributed by atoms with Crippen LogP contribution >= 0.6 is 11.8 Å². The van der Waals surface area contributed by atoms with Crippen LogP contribution in [0.1, 0.15) is 287 Å². The van der Waals surface area contributed by atoms with E-state index in [9.17, 15) is 40.6 Å². The summed E-state index contributed by atoms with van der Waals surface area (Å²) < 4.78 is 67.7. The van der Waals surface area contributed by atoms with E-state index in [0.29, 0.717) is 12.8 Å². The van der Waals surface area contributed by atoms with Gasteiger partial charge in [0.2, 0.25) is 5.91 Å². The van der Waals surface area contributed by atoms with Crippen LogP contribution in [0.3, 0.4) is 0 Å². The summed E-state index contributed by atoms with van der Waals surface area (Å²) in [6.45, 7) is 16.7. The molecule has 0 aliphatic heterocycles. The standard InChI is InChI=1S/C53H102N3O11S3.C16H6.2C12H6.2Na.2H2O/c1-4-7-10-13-16-19-20-21-22-25-26-29-32-35-48(57)42-47(53(60)56-50(43-54-38-40-69(61)62)55-39-41-70(63,64)65)45-68-46-49(67-52(59)37-34-31-28-24-18-15-12-9-6-3)44-66-51(58)36-33-30-27-23-17-14-11-8-5-2;1-3-5-7-9-11-13-15-16-14-12-10-8-6-4-2;2*1-3-5-7-9-11-12-10-8-6-4-2;;;;/h47,49-50,54-55H,4-46H2,1-3H3,(H,56,60)(H,63,64,65);1-2H3;2*1-2H3;;;2*1H2/q-1;;;;2*+1;;/p-2. The van der Waals surface area contributed by atoms with Gasteiger partial charge in [0, 0.05) is 50.3 Å². The third-order valence-electron chi connectivity index (χ3n) is 14.9. The van der Waals surface area contributed by atoms with Crippen molar-refractivity contribution in [2.24, 2.45) is 5.92 Å². The first-order valence-electron chi connectivity index (χ1n) is 38.7. The maximum absolute atomic E-state index is 14.0. The molecule has 608 valence electrons. The number of ketones is 1. The molecule has 0 heterocycles. The normalized spacial score (nSPS) is 9.36. The molecular formula is C93H122N3Na2O13S3-. The Kier molecular flexibility index (Phi) is 111. The van der Waals surface area contributed by atoms with Gasteiger partial charge in [-0.1, -0.05) is 253 Å². The molecule has 0 radical (unpaired) electrons. The molecular weight excluding hydrogens is 1510 g/mol. The van der Waals surface area contributed by atoms with Gasteiger partial charge in [0.05, 0.1) is 28.0 Å². The molecule has 16 nitrogen and oxygen atoms in total. The minimum atomic E-state index is -4.55. The molecule has 0 fully saturated rings. The molecule has 0 aromatic carbocycles. The zero-order valence-corrected chi connectivity index (χ0v) is 76.7. The quantitative estimate of drug-likeness (QED) is 0.0100. The Morgan fingerprint density at radius 2 is 0.702 bits per heavy atom. The number of carbonyl (C=O) groups excluding carboxylic acids is 4. The van der Waals surface area contributed by atoms with Gasteiger partial charge in [-0.05, 0) is 233 Å². The van der Waals surface area contributed by atoms with E-state index in [2.05, 4.69) is 238 Å². The largest absolute Gasteiger partial charge is 1.00 e. The maximum atomic E-state index is 14.0. The minimum Gasteiger partial charge on any atom is -0.870 e. The molecule has 0 aliphatic rings. The molecule has 0 aliphatic carbocycles. The second kappa shape index (κ2) is 104. The number of hydrogen-bond donors (Lipinski definition) is 3. The van der Waals surface area contributed by atoms with Gasteiger partial charge in [-0.15, -0.1) is 0 Å². The topological polar surface area (TPSA) is 276 Å². The third kappa shape index (κ3) is 109. The first-order valence-corrected chi connectivity index (χ1v) is 42.7. The van der Waals surface area contributed by atoms with Crippen LogP contribution in [0.25, 0.3) is 0 Å². The van der Waals surface area contributed by atoms with Gasteiger partial charge < -0.3 is 44.0 Å². The summed E-state index contributed by atoms with van der Waals surface area (Å²) in [5.41, 5.74) is 0. The van der Waals surface area contributed by atoms with Crippen molar-refractivity contribution in [2.45, 2.75) is 299 Å². The zero-order chi connectivity index (χ0) is 81.8. The Morgan fingerprint density at radius 1 is 0.412 bits per heavy atom. The molecule has 1 amide bonds. The molecule has 3 unspecified atom stereocenters. The molecule has 21 heteroatoms. The van der Waals surface area contributed by atoms with E-state index >= 15 is 0 Å². The van der Waals surface area contributed by atoms with Crippen molar-refractivity contribution >= 4 is 56.2 Å². The number of hydrogen-bond acceptors (Lipinski definition) is 16. The van der Waals surface area contributed by atoms with E-state index in [0.717, 1.165) is 70.6 Å². The maximum Gasteiger partial charge on any atom is 1.00 e. The van der Waals surface area contributed by atoms with Crippen LogP contribution in [0.2, 0.25) is 0 Å². The molecule has 0 aromatic rings. The average molecular weight is 1630 g/mol. The second-order valence-electron chi connectivity index (χ2n) is 24.4. The van der Waals surface area contributed by atoms with Gasteiger partial charge >= 0.3 is 71.1 Å². The Bertz CT molecular complexity index is 3750. The summed E-state index contributed by atoms with van der Waals surface area (Å²) in [6.07, 6.45) is 34.7. The SMILES string of the molecule is CC#CC#CC#CC#CC#CC.CC#CC#CC#CC#CC#CC.CC#CC#CC#CC#CC#CC#CC#CC.CCCCCCCCCCCCCCCC(=O)CC(CSCC(COC(=O)CCCCCCCCCCC)OC(=O)CCCCCCCCCCC)C(=O)NC(CNCC[S-](=O)=O)NCCS(=O)(=O)[O-].O.[Na+].[Na+].[OH-]. The fourth-order valence-electron chi connectivity index (χ4n) is 9.35. The van der Waals surface area contributed by atoms with Crippen LogP contribution in [0, 0.1) is 207 Å². The van der Waals surface area contributed by atoms with Gasteiger partial charge in [-0.3, -0.25) is 24.5 Å². The Labute approximate surface area is 741 Å². The molecule has 0 aromatic heterocycles. The van der Waals surface area contributed by atoms with Crippen molar-refractivity contribution in [2.75, 3.05) is 49.3 Å². The van der Waals surface area contributed by atoms with E-state index in [1.807, 2.05) is 0 Å². The van der Waals surface area contributed by atoms with Crippen molar-refractivity contribution < 1.29 is 120 Å². The smallest absolute Gasteiger partial charge is 0.870 e. The van der Waals surface area contributed by atoms with Crippen LogP contribution in [0.5, 0.6) is 0 Å². The summed E-state index contributed by atoms with van der Waals surface area (Å²) in [7, 11) is -6.85. The summed E-state index contributed by atoms with van der Waals surface area (Å²) >= 11 is 1.32. The van der Waals surface area contributed by atoms with E-state index < -0.39 is 50.7 Å². The first kappa shape index (κ1) is 122. The number of unbranched alkanes of at least 4 members (excludes halogenated alkanes) is 28. The minimum absolute atomic E-state index is 0. The molecule has 6 N–H and O–H groups in total. The predicted molar refractivity (Wildman–Crippen MR) is 458 cm³/mol. The van der Waals surface area contributed by atoms with Gasteiger partial charge in [0.1, 0.15) is 18.5 Å². The fraction of sp³-hybridized carbons (Fsp3) is 0.591. The monoisotopic (exact) mass is 1630 g/mol. The summed E-state index contributed by atoms with van der Waals surface area (Å²) in [5, 5.41) is 8.61. The zero-order valence-electron chi connectivity index (χ0n) is 70.3. The van der Waals surface area contributed by atoms with Crippen molar-refractivity contribution in [3.8, 4) is 201 Å². The Morgan fingerprint density at radius 3 is 1.00 bits per heavy atom. The van der Waals surface area contributed by atoms with Gasteiger partial charge in [0.15, 0.2) is 0 Å². The van der Waals surface area contributed by atoms with Crippen molar-refractivity contribution in [3.63, 3.8) is 0 Å². The second-order valence-corrected chi connectivity index (χ2v) is 28.0. The van der Waals surface area contributed by atoms with Crippen LogP contribution in [0.15, 0.2) is 0 Å². The molecule has 0 bridgehead atoms. The molecule has 3 atom stereocenters. The third-order valence-corrected chi connectivity index (χ3v) is 17.4. The Hall–Kier alpha value is -7.35. The number of thioether (sulfide) groups is 1. The van der Waals surface area contributed by atoms with Crippen molar-refractivity contribution in [1.82, 2.24) is 16.0 Å². The number of rotatable bonds is 54. The van der Waals surface area contributed by atoms with Crippen molar-refractivity contribution in [1.29, 1.82) is 0 Å². The Balaban J connectivity index is -0.000000342. The molecule has 0 rings (SSSR count). The van der Waals surface area contributed by atoms with Crippen LogP contribution in [-0.2, 0) is 57.9 Å². The van der Waals surface area contributed by atoms with E-state index in [1.54, 1.807) is 41.5 Å². The molecule has 0 saturated heterocycles. The number of Topliss-reactive ketones (excluding diaryl/α,β-unsaturated/α-hetero) is 1. The molecule has 0 saturated carbocycles. The molecule has 0 spiro atoms. The number of esters is 2. The fourth-order valence-corrected chi connectivity index (χ4v) is 11.1. The number of carbonyl (C=O) groups is 4. The average Bonchev–Trinajstić information content (AvgIpc) is 0.894. The van der Waals surface area contributed by atoms with Crippen LogP contribution < -0.4 is 75.1 Å². The van der Waals surface area contributed by atoms with Crippen LogP contribution in [0.4, 0.5) is 0 Å². The molecule has 114 heavy (non-hydrogen) atoms.